The number of hydrogen-bond donors (Lipinski definition) is 2. The predicted octanol–water partition coefficient (Wildman–Crippen LogP) is 5.40. The smallest absolute Gasteiger partial charge is 0.240 e. The Morgan fingerprint density at radius 2 is 1.79 bits per heavy atom. The molecule has 0 unspecified atom stereocenters. The molecule has 3 aromatic carbocycles. The largest absolute Gasteiger partial charge is 0.494 e. The maximum Gasteiger partial charge on any atom is 0.240 e. The molecule has 1 aromatic heterocycles. The number of nitrogens with one attached hydrogen (secondary N) is 2. The Labute approximate surface area is 206 Å². The third-order valence-electron chi connectivity index (χ3n) is 5.39. The molecular formula is C25H22ClN5O2S. The lowest BCUT2D eigenvalue weighted by Gasteiger charge is -2.33. The van der Waals surface area contributed by atoms with Crippen LogP contribution in [-0.2, 0) is 4.79 Å². The molecule has 0 aliphatic carbocycles. The molecule has 7 nitrogen and oxygen atoms in total. The second-order valence-electron chi connectivity index (χ2n) is 7.65. The molecule has 1 aliphatic heterocycles. The van der Waals surface area contributed by atoms with Crippen molar-refractivity contribution in [2.45, 2.75) is 23.4 Å². The number of benzene rings is 3. The summed E-state index contributed by atoms with van der Waals surface area (Å²) in [5, 5.41) is 12.5. The van der Waals surface area contributed by atoms with Crippen LogP contribution >= 0.6 is 23.4 Å². The van der Waals surface area contributed by atoms with E-state index in [1.54, 1.807) is 24.3 Å². The van der Waals surface area contributed by atoms with Gasteiger partial charge in [-0.15, -0.1) is 10.2 Å². The Hall–Kier alpha value is -3.49. The van der Waals surface area contributed by atoms with E-state index in [9.17, 15) is 4.79 Å². The van der Waals surface area contributed by atoms with E-state index in [1.807, 2.05) is 66.2 Å². The van der Waals surface area contributed by atoms with Gasteiger partial charge < -0.3 is 15.5 Å². The number of nitrogens with zero attached hydrogens (tertiary/aromatic N) is 3. The van der Waals surface area contributed by atoms with Crippen LogP contribution in [0.3, 0.4) is 0 Å². The van der Waals surface area contributed by atoms with Gasteiger partial charge in [-0.25, -0.2) is 4.68 Å². The van der Waals surface area contributed by atoms with Gasteiger partial charge in [0.25, 0.3) is 0 Å². The lowest BCUT2D eigenvalue weighted by molar-refractivity contribution is -0.116. The zero-order chi connectivity index (χ0) is 23.5. The van der Waals surface area contributed by atoms with Crippen molar-refractivity contribution >= 4 is 35.0 Å². The highest BCUT2D eigenvalue weighted by molar-refractivity contribution is 8.00. The number of fused-ring (bicyclic) bond motifs is 1. The van der Waals surface area contributed by atoms with Crippen LogP contribution < -0.4 is 15.5 Å². The molecule has 0 saturated carbocycles. The fraction of sp³-hybridized carbons (Fsp3) is 0.160. The van der Waals surface area contributed by atoms with E-state index in [0.717, 1.165) is 16.9 Å². The first-order chi connectivity index (χ1) is 16.6. The van der Waals surface area contributed by atoms with Crippen molar-refractivity contribution in [2.75, 3.05) is 17.3 Å². The molecule has 0 saturated heterocycles. The van der Waals surface area contributed by atoms with Crippen molar-refractivity contribution in [2.24, 2.45) is 0 Å². The molecule has 1 aliphatic rings. The number of carbonyl (C=O) groups excluding carboxylic acids is 1. The zero-order valence-electron chi connectivity index (χ0n) is 18.3. The maximum atomic E-state index is 13.4. The zero-order valence-corrected chi connectivity index (χ0v) is 19.9. The molecule has 1 amide bonds. The summed E-state index contributed by atoms with van der Waals surface area (Å²) in [7, 11) is 0. The molecule has 0 fully saturated rings. The number of anilines is 1. The van der Waals surface area contributed by atoms with Gasteiger partial charge >= 0.3 is 0 Å². The molecule has 34 heavy (non-hydrogen) atoms. The maximum absolute atomic E-state index is 13.4. The van der Waals surface area contributed by atoms with Crippen LogP contribution in [0.1, 0.15) is 18.5 Å². The van der Waals surface area contributed by atoms with E-state index in [-0.39, 0.29) is 11.9 Å². The van der Waals surface area contributed by atoms with E-state index in [4.69, 9.17) is 16.3 Å². The summed E-state index contributed by atoms with van der Waals surface area (Å²) in [6.45, 7) is 2.54. The Morgan fingerprint density at radius 3 is 2.50 bits per heavy atom. The minimum absolute atomic E-state index is 0.144. The number of aromatic nitrogens is 3. The molecule has 0 bridgehead atoms. The normalized spacial score (nSPS) is 16.9. The highest BCUT2D eigenvalue weighted by Crippen LogP contribution is 2.39. The van der Waals surface area contributed by atoms with Crippen molar-refractivity contribution in [3.8, 4) is 17.1 Å². The van der Waals surface area contributed by atoms with Gasteiger partial charge in [0.1, 0.15) is 11.0 Å². The fourth-order valence-electron chi connectivity index (χ4n) is 3.76. The highest BCUT2D eigenvalue weighted by atomic mass is 35.5. The Balaban J connectivity index is 1.49. The molecule has 4 aromatic rings. The molecule has 2 atom stereocenters. The van der Waals surface area contributed by atoms with E-state index in [1.165, 1.54) is 11.8 Å². The lowest BCUT2D eigenvalue weighted by atomic mass is 10.0. The summed E-state index contributed by atoms with van der Waals surface area (Å²) in [5.41, 5.74) is 6.05. The summed E-state index contributed by atoms with van der Waals surface area (Å²) < 4.78 is 7.45. The van der Waals surface area contributed by atoms with Gasteiger partial charge in [0.2, 0.25) is 11.1 Å². The number of halogens is 1. The summed E-state index contributed by atoms with van der Waals surface area (Å²) >= 11 is 7.37. The second-order valence-corrected chi connectivity index (χ2v) is 9.20. The molecular weight excluding hydrogens is 470 g/mol. The van der Waals surface area contributed by atoms with Crippen LogP contribution in [0.25, 0.3) is 11.4 Å². The molecule has 5 rings (SSSR count). The summed E-state index contributed by atoms with van der Waals surface area (Å²) in [5.74, 6) is 1.33. The van der Waals surface area contributed by atoms with Crippen molar-refractivity contribution in [3.05, 3.63) is 89.4 Å². The van der Waals surface area contributed by atoms with Crippen LogP contribution in [0, 0.1) is 0 Å². The lowest BCUT2D eigenvalue weighted by Crippen LogP contribution is -2.41. The average molecular weight is 492 g/mol. The van der Waals surface area contributed by atoms with E-state index >= 15 is 0 Å². The molecule has 9 heteroatoms. The van der Waals surface area contributed by atoms with Gasteiger partial charge in [-0.1, -0.05) is 65.8 Å². The SMILES string of the molecule is CCOc1ccc([C@@H]2Nn3c(nnc3-c3ccccc3)S[C@@H]2C(=O)Nc2ccc(Cl)cc2)cc1. The van der Waals surface area contributed by atoms with Gasteiger partial charge in [-0.3, -0.25) is 4.79 Å². The third kappa shape index (κ3) is 4.60. The Morgan fingerprint density at radius 1 is 1.06 bits per heavy atom. The number of thioether (sulfide) groups is 1. The van der Waals surface area contributed by atoms with Gasteiger partial charge in [0, 0.05) is 16.3 Å². The van der Waals surface area contributed by atoms with Crippen LogP contribution in [0.5, 0.6) is 5.75 Å². The number of hydrogen-bond acceptors (Lipinski definition) is 6. The highest BCUT2D eigenvalue weighted by Gasteiger charge is 2.38. The van der Waals surface area contributed by atoms with Crippen molar-refractivity contribution in [1.82, 2.24) is 14.9 Å². The molecule has 0 radical (unpaired) electrons. The molecule has 172 valence electrons. The summed E-state index contributed by atoms with van der Waals surface area (Å²) in [6.07, 6.45) is 0. The monoisotopic (exact) mass is 491 g/mol. The summed E-state index contributed by atoms with van der Waals surface area (Å²) in [6, 6.07) is 24.3. The first kappa shape index (κ1) is 22.3. The third-order valence-corrected chi connectivity index (χ3v) is 6.86. The number of carbonyl (C=O) groups is 1. The van der Waals surface area contributed by atoms with Crippen molar-refractivity contribution in [1.29, 1.82) is 0 Å². The summed E-state index contributed by atoms with van der Waals surface area (Å²) in [4.78, 5) is 13.4. The minimum atomic E-state index is -0.492. The molecule has 2 heterocycles. The predicted molar refractivity (Wildman–Crippen MR) is 135 cm³/mol. The Kier molecular flexibility index (Phi) is 6.42. The minimum Gasteiger partial charge on any atom is -0.494 e. The first-order valence-corrected chi connectivity index (χ1v) is 12.1. The molecule has 2 N–H and O–H groups in total. The van der Waals surface area contributed by atoms with E-state index in [0.29, 0.717) is 28.3 Å². The van der Waals surface area contributed by atoms with E-state index in [2.05, 4.69) is 20.9 Å². The van der Waals surface area contributed by atoms with Crippen molar-refractivity contribution < 1.29 is 9.53 Å². The van der Waals surface area contributed by atoms with Crippen LogP contribution in [0.2, 0.25) is 5.02 Å². The first-order valence-electron chi connectivity index (χ1n) is 10.9. The number of amides is 1. The fourth-order valence-corrected chi connectivity index (χ4v) is 4.97. The van der Waals surface area contributed by atoms with E-state index < -0.39 is 5.25 Å². The van der Waals surface area contributed by atoms with Gasteiger partial charge in [0.15, 0.2) is 5.82 Å². The second kappa shape index (κ2) is 9.79. The van der Waals surface area contributed by atoms with Gasteiger partial charge in [-0.05, 0) is 48.9 Å². The van der Waals surface area contributed by atoms with Crippen LogP contribution in [0.4, 0.5) is 5.69 Å². The topological polar surface area (TPSA) is 81.1 Å². The average Bonchev–Trinajstić information content (AvgIpc) is 3.29. The van der Waals surface area contributed by atoms with Crippen molar-refractivity contribution in [3.63, 3.8) is 0 Å². The van der Waals surface area contributed by atoms with Gasteiger partial charge in [-0.2, -0.15) is 0 Å². The van der Waals surface area contributed by atoms with Crippen LogP contribution in [0.15, 0.2) is 84.0 Å². The number of ether oxygens (including phenoxy) is 1. The Bertz CT molecular complexity index is 1280. The van der Waals surface area contributed by atoms with Gasteiger partial charge in [0.05, 0.1) is 12.6 Å². The standard InChI is InChI=1S/C25H22ClN5O2S/c1-2-33-20-14-8-16(9-15-20)21-22(24(32)27-19-12-10-18(26)11-13-19)34-25-29-28-23(31(25)30-21)17-6-4-3-5-7-17/h3-15,21-22,30H,2H2,1H3,(H,27,32)/t21-,22-/m0/s1. The quantitative estimate of drug-likeness (QED) is 0.376. The van der Waals surface area contributed by atoms with Crippen LogP contribution in [-0.4, -0.2) is 32.6 Å². The molecule has 0 spiro atoms. The number of rotatable bonds is 6.